The fourth-order valence-electron chi connectivity index (χ4n) is 2.45. The summed E-state index contributed by atoms with van der Waals surface area (Å²) >= 11 is 3.10. The fourth-order valence-corrected chi connectivity index (χ4v) is 3.33. The average molecular weight is 464 g/mol. The molecule has 0 bridgehead atoms. The number of rotatable bonds is 4. The van der Waals surface area contributed by atoms with E-state index in [0.29, 0.717) is 0 Å². The molecule has 0 spiro atoms. The number of aliphatic hydroxyl groups excluding tert-OH is 2. The van der Waals surface area contributed by atoms with Crippen LogP contribution in [0.5, 0.6) is 0 Å². The van der Waals surface area contributed by atoms with Crippen LogP contribution in [0.4, 0.5) is 5.95 Å². The predicted molar refractivity (Wildman–Crippen MR) is 82.0 cm³/mol. The van der Waals surface area contributed by atoms with Gasteiger partial charge < -0.3 is 35.0 Å². The number of nitrogen functional groups attached to an aromatic ring is 1. The van der Waals surface area contributed by atoms with Crippen molar-refractivity contribution in [3.8, 4) is 0 Å². The van der Waals surface area contributed by atoms with Crippen LogP contribution >= 0.6 is 23.8 Å². The zero-order chi connectivity index (χ0) is 18.5. The Hall–Kier alpha value is -0.380. The number of fused-ring (bicyclic) bond motifs is 1. The van der Waals surface area contributed by atoms with Gasteiger partial charge in [0.25, 0.3) is 13.4 Å². The second-order valence-corrected chi connectivity index (χ2v) is 7.09. The zero-order valence-electron chi connectivity index (χ0n) is 13.1. The number of ether oxygens (including phenoxy) is 1. The molecule has 1 aliphatic rings. The van der Waals surface area contributed by atoms with Crippen LogP contribution < -0.4 is 45.7 Å². The van der Waals surface area contributed by atoms with E-state index in [1.807, 2.05) is 0 Å². The molecular formula is C10H12BrN5NaO8P. The van der Waals surface area contributed by atoms with Gasteiger partial charge >= 0.3 is 29.6 Å². The van der Waals surface area contributed by atoms with Gasteiger partial charge in [0, 0.05) is 0 Å². The molecule has 0 aromatic carbocycles. The van der Waals surface area contributed by atoms with Crippen molar-refractivity contribution in [2.24, 2.45) is 0 Å². The van der Waals surface area contributed by atoms with E-state index in [9.17, 15) is 24.5 Å². The van der Waals surface area contributed by atoms with Gasteiger partial charge in [0.1, 0.15) is 18.3 Å². The number of phosphoric acid groups is 1. The number of imidazole rings is 1. The first-order chi connectivity index (χ1) is 11.6. The second-order valence-electron chi connectivity index (χ2n) is 5.18. The van der Waals surface area contributed by atoms with E-state index in [1.54, 1.807) is 0 Å². The molecule has 26 heavy (non-hydrogen) atoms. The summed E-state index contributed by atoms with van der Waals surface area (Å²) in [7, 11) is -5.03. The molecule has 1 fully saturated rings. The third kappa shape index (κ3) is 4.20. The number of aromatic amines is 1. The van der Waals surface area contributed by atoms with Crippen molar-refractivity contribution < 1.29 is 63.4 Å². The van der Waals surface area contributed by atoms with Gasteiger partial charge in [-0.2, -0.15) is 4.98 Å². The quantitative estimate of drug-likeness (QED) is 0.164. The first kappa shape index (κ1) is 21.9. The van der Waals surface area contributed by atoms with E-state index in [4.69, 9.17) is 15.4 Å². The molecule has 0 aliphatic carbocycles. The summed E-state index contributed by atoms with van der Waals surface area (Å²) in [5.41, 5.74) is 4.76. The summed E-state index contributed by atoms with van der Waals surface area (Å²) in [4.78, 5) is 41.3. The molecule has 3 rings (SSSR count). The third-order valence-corrected chi connectivity index (χ3v) is 4.55. The Morgan fingerprint density at radius 2 is 2.08 bits per heavy atom. The van der Waals surface area contributed by atoms with E-state index < -0.39 is 44.5 Å². The van der Waals surface area contributed by atoms with Gasteiger partial charge in [-0.1, -0.05) is 0 Å². The van der Waals surface area contributed by atoms with Gasteiger partial charge in [-0.25, -0.2) is 4.98 Å². The molecule has 0 amide bonds. The Labute approximate surface area is 175 Å². The molecule has 138 valence electrons. The van der Waals surface area contributed by atoms with Gasteiger partial charge in [0.2, 0.25) is 5.95 Å². The maximum atomic E-state index is 11.9. The molecular weight excluding hydrogens is 452 g/mol. The van der Waals surface area contributed by atoms with Crippen LogP contribution in [0, 0.1) is 0 Å². The number of nitrogens with two attached hydrogens (primary N) is 1. The topological polar surface area (TPSA) is 209 Å². The largest absolute Gasteiger partial charge is 1.00 e. The van der Waals surface area contributed by atoms with Crippen LogP contribution in [0.25, 0.3) is 11.2 Å². The number of aromatic nitrogens is 4. The maximum absolute atomic E-state index is 11.9. The number of aliphatic hydroxyl groups is 2. The van der Waals surface area contributed by atoms with Crippen molar-refractivity contribution in [1.29, 1.82) is 0 Å². The predicted octanol–water partition coefficient (Wildman–Crippen LogP) is -5.44. The smallest absolute Gasteiger partial charge is 0.756 e. The van der Waals surface area contributed by atoms with E-state index in [0.717, 1.165) is 0 Å². The van der Waals surface area contributed by atoms with Gasteiger partial charge in [0.15, 0.2) is 22.1 Å². The average Bonchev–Trinajstić information content (AvgIpc) is 2.95. The van der Waals surface area contributed by atoms with Crippen molar-refractivity contribution in [1.82, 2.24) is 19.5 Å². The minimum atomic E-state index is -5.03. The molecule has 0 saturated carbocycles. The van der Waals surface area contributed by atoms with Gasteiger partial charge in [0.05, 0.1) is 6.61 Å². The number of H-pyrrole nitrogens is 1. The van der Waals surface area contributed by atoms with Crippen LogP contribution in [0.1, 0.15) is 6.23 Å². The number of phosphoric ester groups is 1. The third-order valence-electron chi connectivity index (χ3n) is 3.52. The summed E-state index contributed by atoms with van der Waals surface area (Å²) < 4.78 is 21.5. The van der Waals surface area contributed by atoms with Crippen molar-refractivity contribution in [3.05, 3.63) is 15.1 Å². The second kappa shape index (κ2) is 7.93. The Morgan fingerprint density at radius 3 is 2.69 bits per heavy atom. The zero-order valence-corrected chi connectivity index (χ0v) is 17.6. The summed E-state index contributed by atoms with van der Waals surface area (Å²) in [6.07, 6.45) is -5.63. The SMILES string of the molecule is Nc1nc2c(nc(Br)n2C2OC(COP(=O)([O-])O)C(O)C2O)c(=O)[nH]1.[Na+]. The molecule has 13 nitrogen and oxygen atoms in total. The Morgan fingerprint density at radius 1 is 1.42 bits per heavy atom. The Kier molecular flexibility index (Phi) is 6.68. The van der Waals surface area contributed by atoms with Gasteiger partial charge in [-0.15, -0.1) is 0 Å². The number of halogens is 1. The van der Waals surface area contributed by atoms with E-state index >= 15 is 0 Å². The summed E-state index contributed by atoms with van der Waals surface area (Å²) in [6.45, 7) is -0.730. The van der Waals surface area contributed by atoms with Gasteiger partial charge in [-0.05, 0) is 15.9 Å². The first-order valence-corrected chi connectivity index (χ1v) is 9.00. The van der Waals surface area contributed by atoms with Gasteiger partial charge in [-0.3, -0.25) is 18.9 Å². The number of hydrogen-bond donors (Lipinski definition) is 5. The molecule has 0 radical (unpaired) electrons. The van der Waals surface area contributed by atoms with Crippen molar-refractivity contribution in [2.45, 2.75) is 24.5 Å². The monoisotopic (exact) mass is 463 g/mol. The summed E-state index contributed by atoms with van der Waals surface area (Å²) in [5, 5.41) is 20.2. The molecule has 5 unspecified atom stereocenters. The van der Waals surface area contributed by atoms with Crippen molar-refractivity contribution >= 4 is 40.9 Å². The molecule has 5 atom stereocenters. The Bertz CT molecular complexity index is 917. The molecule has 16 heteroatoms. The Balaban J connectivity index is 0.00000243. The van der Waals surface area contributed by atoms with Crippen LogP contribution in [0.2, 0.25) is 0 Å². The van der Waals surface area contributed by atoms with Crippen LogP contribution in [-0.4, -0.2) is 59.5 Å². The van der Waals surface area contributed by atoms with E-state index in [1.165, 1.54) is 4.57 Å². The van der Waals surface area contributed by atoms with Crippen molar-refractivity contribution in [2.75, 3.05) is 12.3 Å². The normalized spacial score (nSPS) is 28.0. The molecule has 2 aromatic heterocycles. The minimum Gasteiger partial charge on any atom is -0.756 e. The first-order valence-electron chi connectivity index (χ1n) is 6.71. The summed E-state index contributed by atoms with van der Waals surface area (Å²) in [5.74, 6) is -0.202. The standard InChI is InChI=1S/C10H13BrN5O8P.Na/c11-9-13-3-6(14-10(12)15-7(3)19)16(9)8-5(18)4(17)2(24-8)1-23-25(20,21)22;/h2,4-5,8,17-18H,1H2,(H2,20,21,22)(H3,12,14,15,19);/q;+1/p-1. The number of nitrogens with one attached hydrogen (secondary N) is 1. The molecule has 6 N–H and O–H groups in total. The van der Waals surface area contributed by atoms with E-state index in [-0.39, 0.29) is 51.4 Å². The maximum Gasteiger partial charge on any atom is 1.00 e. The molecule has 3 heterocycles. The summed E-state index contributed by atoms with van der Waals surface area (Å²) in [6, 6.07) is 0. The fraction of sp³-hybridized carbons (Fsp3) is 0.500. The van der Waals surface area contributed by atoms with Crippen LogP contribution in [-0.2, 0) is 13.8 Å². The van der Waals surface area contributed by atoms with Crippen LogP contribution in [0.3, 0.4) is 0 Å². The number of nitrogens with zero attached hydrogens (tertiary/aromatic N) is 3. The molecule has 2 aromatic rings. The minimum absolute atomic E-state index is 0. The van der Waals surface area contributed by atoms with Crippen molar-refractivity contribution in [3.63, 3.8) is 0 Å². The molecule has 1 saturated heterocycles. The van der Waals surface area contributed by atoms with E-state index in [2.05, 4.69) is 35.4 Å². The number of anilines is 1. The van der Waals surface area contributed by atoms with Crippen LogP contribution in [0.15, 0.2) is 9.53 Å². The molecule has 1 aliphatic heterocycles. The number of hydrogen-bond acceptors (Lipinski definition) is 10.